The number of hydrogen-bond acceptors (Lipinski definition) is 3. The zero-order valence-electron chi connectivity index (χ0n) is 17.9. The summed E-state index contributed by atoms with van der Waals surface area (Å²) in [4.78, 5) is 6.36. The maximum Gasteiger partial charge on any atom is 0.147 e. The van der Waals surface area contributed by atoms with E-state index >= 15 is 0 Å². The van der Waals surface area contributed by atoms with E-state index in [0.29, 0.717) is 17.0 Å². The van der Waals surface area contributed by atoms with E-state index < -0.39 is 10.8 Å². The average molecular weight is 464 g/mol. The lowest BCUT2D eigenvalue weighted by Gasteiger charge is -2.41. The highest BCUT2D eigenvalue weighted by Crippen LogP contribution is 2.44. The molecule has 0 spiro atoms. The zero-order chi connectivity index (χ0) is 20.7. The Morgan fingerprint density at radius 2 is 1.87 bits per heavy atom. The average Bonchev–Trinajstić information content (AvgIpc) is 3.22. The van der Waals surface area contributed by atoms with E-state index in [9.17, 15) is 9.32 Å². The van der Waals surface area contributed by atoms with Gasteiger partial charge in [0.15, 0.2) is 0 Å². The molecule has 3 nitrogen and oxygen atoms in total. The summed E-state index contributed by atoms with van der Waals surface area (Å²) in [5, 5.41) is 11.6. The second kappa shape index (κ2) is 9.05. The molecule has 30 heavy (non-hydrogen) atoms. The van der Waals surface area contributed by atoms with Gasteiger partial charge in [-0.1, -0.05) is 36.8 Å². The second-order valence-corrected chi connectivity index (χ2v) is 13.2. The van der Waals surface area contributed by atoms with Gasteiger partial charge in [0, 0.05) is 39.1 Å². The van der Waals surface area contributed by atoms with Crippen molar-refractivity contribution in [2.45, 2.75) is 77.2 Å². The molecule has 0 bridgehead atoms. The molecule has 0 unspecified atom stereocenters. The van der Waals surface area contributed by atoms with Gasteiger partial charge >= 0.3 is 0 Å². The van der Waals surface area contributed by atoms with Crippen LogP contribution in [0.25, 0.3) is 5.57 Å². The quantitative estimate of drug-likeness (QED) is 0.546. The number of allylic oxidation sites excluding steroid dienone is 2. The Balaban J connectivity index is 1.54. The van der Waals surface area contributed by atoms with Gasteiger partial charge in [0.2, 0.25) is 0 Å². The van der Waals surface area contributed by atoms with E-state index in [-0.39, 0.29) is 0 Å². The summed E-state index contributed by atoms with van der Waals surface area (Å²) in [5.74, 6) is 2.99. The van der Waals surface area contributed by atoms with Crippen LogP contribution in [-0.2, 0) is 10.8 Å². The molecule has 164 valence electrons. The Morgan fingerprint density at radius 3 is 2.57 bits per heavy atom. The Bertz CT molecular complexity index is 922. The fraction of sp³-hybridized carbons (Fsp3) is 0.667. The minimum absolute atomic E-state index is 0.416. The summed E-state index contributed by atoms with van der Waals surface area (Å²) in [5.41, 5.74) is 2.69. The molecule has 0 aromatic carbocycles. The van der Waals surface area contributed by atoms with Crippen molar-refractivity contribution in [3.05, 3.63) is 21.9 Å². The lowest BCUT2D eigenvalue weighted by Crippen LogP contribution is -2.48. The number of aliphatic hydroxyl groups is 1. The zero-order valence-corrected chi connectivity index (χ0v) is 20.3. The first kappa shape index (κ1) is 21.2. The molecule has 0 atom stereocenters. The third-order valence-electron chi connectivity index (χ3n) is 7.30. The van der Waals surface area contributed by atoms with Crippen LogP contribution in [0.4, 0.5) is 5.69 Å². The van der Waals surface area contributed by atoms with Gasteiger partial charge in [-0.25, -0.2) is 0 Å². The number of thiophene rings is 1. The first-order chi connectivity index (χ1) is 14.6. The molecule has 6 heteroatoms. The first-order valence-electron chi connectivity index (χ1n) is 11.7. The molecular formula is C24H33NO2S3. The van der Waals surface area contributed by atoms with Crippen LogP contribution in [0.2, 0.25) is 0 Å². The molecule has 0 radical (unpaired) electrons. The Labute approximate surface area is 190 Å². The van der Waals surface area contributed by atoms with E-state index in [1.54, 1.807) is 22.3 Å². The molecule has 3 heterocycles. The van der Waals surface area contributed by atoms with Gasteiger partial charge in [0.1, 0.15) is 5.05 Å². The Hall–Kier alpha value is -0.690. The number of aliphatic hydroxyl groups excluding tert-OH is 1. The maximum atomic E-state index is 12.1. The number of hydrogen-bond donors (Lipinski definition) is 1. The number of rotatable bonds is 3. The molecule has 1 saturated carbocycles. The predicted molar refractivity (Wildman–Crippen MR) is 135 cm³/mol. The molecule has 2 aliphatic heterocycles. The van der Waals surface area contributed by atoms with Crippen LogP contribution in [0.15, 0.2) is 12.1 Å². The first-order valence-corrected chi connectivity index (χ1v) is 14.8. The molecule has 2 aliphatic carbocycles. The lowest BCUT2D eigenvalue weighted by molar-refractivity contribution is 0.342. The van der Waals surface area contributed by atoms with Crippen molar-refractivity contribution in [2.24, 2.45) is 11.8 Å². The minimum atomic E-state index is -0.653. The van der Waals surface area contributed by atoms with E-state index in [2.05, 4.69) is 24.0 Å². The van der Waals surface area contributed by atoms with Gasteiger partial charge in [-0.2, -0.15) is 0 Å². The number of nitrogens with zero attached hydrogens (tertiary/aromatic N) is 1. The lowest BCUT2D eigenvalue weighted by atomic mass is 9.82. The van der Waals surface area contributed by atoms with Crippen LogP contribution < -0.4 is 4.90 Å². The monoisotopic (exact) mass is 463 g/mol. The molecule has 1 aromatic heterocycles. The Kier molecular flexibility index (Phi) is 6.38. The summed E-state index contributed by atoms with van der Waals surface area (Å²) < 4.78 is 12.1. The highest BCUT2D eigenvalue weighted by Gasteiger charge is 2.36. The van der Waals surface area contributed by atoms with Crippen molar-refractivity contribution < 1.29 is 9.32 Å². The van der Waals surface area contributed by atoms with Crippen LogP contribution in [0.5, 0.6) is 0 Å². The van der Waals surface area contributed by atoms with Crippen molar-refractivity contribution in [1.29, 1.82) is 0 Å². The largest absolute Gasteiger partial charge is 0.351 e. The van der Waals surface area contributed by atoms with E-state index in [1.165, 1.54) is 66.1 Å². The van der Waals surface area contributed by atoms with Crippen LogP contribution in [0.3, 0.4) is 0 Å². The van der Waals surface area contributed by atoms with Gasteiger partial charge in [-0.05, 0) is 68.9 Å². The van der Waals surface area contributed by atoms with Crippen molar-refractivity contribution in [1.82, 2.24) is 0 Å². The molecule has 1 saturated heterocycles. The molecule has 1 aromatic rings. The fourth-order valence-electron chi connectivity index (χ4n) is 5.45. The summed E-state index contributed by atoms with van der Waals surface area (Å²) >= 11 is 1.78. The van der Waals surface area contributed by atoms with Crippen LogP contribution in [0, 0.1) is 11.8 Å². The summed E-state index contributed by atoms with van der Waals surface area (Å²) in [7, 11) is 0.976. The van der Waals surface area contributed by atoms with E-state index in [1.807, 2.05) is 0 Å². The van der Waals surface area contributed by atoms with E-state index in [4.69, 9.17) is 0 Å². The second-order valence-electron chi connectivity index (χ2n) is 9.45. The number of anilines is 1. The molecule has 2 fully saturated rings. The Morgan fingerprint density at radius 1 is 1.10 bits per heavy atom. The van der Waals surface area contributed by atoms with Crippen LogP contribution in [0.1, 0.15) is 80.9 Å². The summed E-state index contributed by atoms with van der Waals surface area (Å²) in [6.45, 7) is 2.37. The SMILES string of the molecule is CC1CCC(C2=S=C(O)c3sc(C4=CCCCC4)cc3N2C2CCS(=O)CC2)CC1. The maximum absolute atomic E-state index is 12.1. The molecule has 0 amide bonds. The molecule has 4 aliphatic rings. The highest BCUT2D eigenvalue weighted by atomic mass is 32.2. The van der Waals surface area contributed by atoms with Crippen molar-refractivity contribution in [3.8, 4) is 0 Å². The van der Waals surface area contributed by atoms with Gasteiger partial charge in [0.05, 0.1) is 15.6 Å². The third kappa shape index (κ3) is 4.17. The van der Waals surface area contributed by atoms with Gasteiger partial charge in [0.25, 0.3) is 0 Å². The minimum Gasteiger partial charge on any atom is -0.351 e. The topological polar surface area (TPSA) is 40.5 Å². The molecular weight excluding hydrogens is 430 g/mol. The molecule has 1 N–H and O–H groups in total. The summed E-state index contributed by atoms with van der Waals surface area (Å²) in [6, 6.07) is 2.78. The fourth-order valence-corrected chi connectivity index (χ4v) is 9.17. The van der Waals surface area contributed by atoms with Crippen LogP contribution >= 0.6 is 22.3 Å². The summed E-state index contributed by atoms with van der Waals surface area (Å²) in [6.07, 6.45) is 14.3. The normalized spacial score (nSPS) is 32.5. The molecule has 5 rings (SSSR count). The van der Waals surface area contributed by atoms with Gasteiger partial charge in [-0.15, -0.1) is 11.3 Å². The van der Waals surface area contributed by atoms with Gasteiger partial charge < -0.3 is 10.0 Å². The number of fused-ring (bicyclic) bond motifs is 1. The van der Waals surface area contributed by atoms with E-state index in [0.717, 1.165) is 41.6 Å². The van der Waals surface area contributed by atoms with Crippen molar-refractivity contribution in [3.63, 3.8) is 0 Å². The van der Waals surface area contributed by atoms with Crippen molar-refractivity contribution in [2.75, 3.05) is 16.4 Å². The standard InChI is InChI=1S/C24H33NO2S3/c1-16-7-9-18(10-8-16)23-25(19-11-13-30(27)14-12-19)20-15-21(17-5-3-2-4-6-17)28-22(20)24(26)29-23/h5,15-16,18-19,26H,2-4,6-14H2,1H3. The van der Waals surface area contributed by atoms with Crippen LogP contribution in [-0.4, -0.2) is 36.9 Å². The smallest absolute Gasteiger partial charge is 0.147 e. The van der Waals surface area contributed by atoms with Crippen molar-refractivity contribution >= 4 is 54.4 Å². The highest BCUT2D eigenvalue weighted by molar-refractivity contribution is 7.98. The predicted octanol–water partition coefficient (Wildman–Crippen LogP) is 6.16. The third-order valence-corrected chi connectivity index (χ3v) is 11.2. The van der Waals surface area contributed by atoms with Gasteiger partial charge in [-0.3, -0.25) is 4.21 Å².